The van der Waals surface area contributed by atoms with Gasteiger partial charge in [0.15, 0.2) is 0 Å². The molecule has 3 unspecified atom stereocenters. The van der Waals surface area contributed by atoms with Crippen LogP contribution in [0.1, 0.15) is 76.1 Å². The normalized spacial score (nSPS) is 26.1. The van der Waals surface area contributed by atoms with E-state index in [1.54, 1.807) is 0 Å². The second-order valence-corrected chi connectivity index (χ2v) is 5.25. The molecule has 0 radical (unpaired) electrons. The van der Waals surface area contributed by atoms with E-state index in [1.165, 1.54) is 19.3 Å². The first kappa shape index (κ1) is 14.5. The molecule has 1 aromatic heterocycles. The number of hydrogen-bond acceptors (Lipinski definition) is 5. The van der Waals surface area contributed by atoms with Crippen LogP contribution in [0.15, 0.2) is 4.52 Å². The lowest BCUT2D eigenvalue weighted by atomic mass is 9.95. The van der Waals surface area contributed by atoms with Gasteiger partial charge in [-0.2, -0.15) is 4.98 Å². The Labute approximate surface area is 114 Å². The maximum Gasteiger partial charge on any atom is 0.231 e. The molecule has 2 N–H and O–H groups in total. The van der Waals surface area contributed by atoms with E-state index in [1.807, 2.05) is 6.92 Å². The summed E-state index contributed by atoms with van der Waals surface area (Å²) >= 11 is 0. The van der Waals surface area contributed by atoms with Crippen molar-refractivity contribution in [2.45, 2.75) is 70.4 Å². The number of hydrogen-bond donors (Lipinski definition) is 1. The number of nitrogens with two attached hydrogens (primary N) is 1. The van der Waals surface area contributed by atoms with E-state index in [-0.39, 0.29) is 18.1 Å². The van der Waals surface area contributed by atoms with Crippen LogP contribution >= 0.6 is 0 Å². The maximum atomic E-state index is 6.23. The Morgan fingerprint density at radius 2 is 2.11 bits per heavy atom. The lowest BCUT2D eigenvalue weighted by molar-refractivity contribution is 0.0518. The molecule has 0 aromatic carbocycles. The van der Waals surface area contributed by atoms with E-state index >= 15 is 0 Å². The van der Waals surface area contributed by atoms with Crippen molar-refractivity contribution in [3.8, 4) is 0 Å². The molecule has 3 atom stereocenters. The largest absolute Gasteiger partial charge is 0.370 e. The van der Waals surface area contributed by atoms with Gasteiger partial charge in [-0.3, -0.25) is 0 Å². The van der Waals surface area contributed by atoms with Gasteiger partial charge in [-0.05, 0) is 26.2 Å². The van der Waals surface area contributed by atoms with Gasteiger partial charge in [0.1, 0.15) is 6.10 Å². The molecule has 0 saturated heterocycles. The molecule has 5 heteroatoms. The molecule has 1 aromatic rings. The monoisotopic (exact) mass is 267 g/mol. The third-order valence-electron chi connectivity index (χ3n) is 3.87. The Morgan fingerprint density at radius 3 is 2.84 bits per heavy atom. The van der Waals surface area contributed by atoms with Crippen molar-refractivity contribution < 1.29 is 9.26 Å². The van der Waals surface area contributed by atoms with E-state index in [0.717, 1.165) is 19.3 Å². The van der Waals surface area contributed by atoms with E-state index in [4.69, 9.17) is 15.0 Å². The van der Waals surface area contributed by atoms with Gasteiger partial charge in [0.2, 0.25) is 11.7 Å². The van der Waals surface area contributed by atoms with E-state index in [0.29, 0.717) is 18.3 Å². The highest BCUT2D eigenvalue weighted by molar-refractivity contribution is 5.01. The molecule has 2 rings (SSSR count). The third kappa shape index (κ3) is 3.54. The molecule has 1 aliphatic rings. The fourth-order valence-electron chi connectivity index (χ4n) is 2.75. The van der Waals surface area contributed by atoms with Crippen LogP contribution in [0.2, 0.25) is 0 Å². The molecular formula is C14H25N3O2. The van der Waals surface area contributed by atoms with Gasteiger partial charge in [-0.25, -0.2) is 0 Å². The van der Waals surface area contributed by atoms with Crippen LogP contribution in [0.5, 0.6) is 0 Å². The second kappa shape index (κ2) is 7.01. The zero-order chi connectivity index (χ0) is 13.7. The second-order valence-electron chi connectivity index (χ2n) is 5.25. The summed E-state index contributed by atoms with van der Waals surface area (Å²) in [6.07, 6.45) is 6.53. The molecule has 19 heavy (non-hydrogen) atoms. The van der Waals surface area contributed by atoms with Crippen molar-refractivity contribution >= 4 is 0 Å². The first-order valence-electron chi connectivity index (χ1n) is 7.46. The van der Waals surface area contributed by atoms with Crippen LogP contribution in [0, 0.1) is 0 Å². The number of rotatable bonds is 5. The lowest BCUT2D eigenvalue weighted by Gasteiger charge is -2.16. The first-order chi connectivity index (χ1) is 9.26. The van der Waals surface area contributed by atoms with E-state index in [2.05, 4.69) is 17.1 Å². The Bertz CT molecular complexity index is 381. The maximum absolute atomic E-state index is 6.23. The zero-order valence-corrected chi connectivity index (χ0v) is 12.0. The van der Waals surface area contributed by atoms with Crippen molar-refractivity contribution in [2.24, 2.45) is 5.73 Å². The van der Waals surface area contributed by atoms with Crippen molar-refractivity contribution in [3.63, 3.8) is 0 Å². The van der Waals surface area contributed by atoms with Gasteiger partial charge in [0.05, 0.1) is 5.92 Å². The Hall–Kier alpha value is -0.940. The topological polar surface area (TPSA) is 74.2 Å². The highest BCUT2D eigenvalue weighted by Gasteiger charge is 2.28. The highest BCUT2D eigenvalue weighted by Crippen LogP contribution is 2.31. The predicted octanol–water partition coefficient (Wildman–Crippen LogP) is 2.93. The minimum absolute atomic E-state index is 0.0653. The van der Waals surface area contributed by atoms with Crippen LogP contribution in [0.25, 0.3) is 0 Å². The van der Waals surface area contributed by atoms with Crippen LogP contribution in [0.4, 0.5) is 0 Å². The Balaban J connectivity index is 2.10. The van der Waals surface area contributed by atoms with Crippen molar-refractivity contribution in [1.82, 2.24) is 10.1 Å². The summed E-state index contributed by atoms with van der Waals surface area (Å²) in [4.78, 5) is 4.53. The molecule has 1 saturated carbocycles. The van der Waals surface area contributed by atoms with E-state index in [9.17, 15) is 0 Å². The average Bonchev–Trinajstić information content (AvgIpc) is 2.79. The predicted molar refractivity (Wildman–Crippen MR) is 72.8 cm³/mol. The summed E-state index contributed by atoms with van der Waals surface area (Å²) in [5, 5.41) is 4.08. The van der Waals surface area contributed by atoms with Crippen molar-refractivity contribution in [1.29, 1.82) is 0 Å². The van der Waals surface area contributed by atoms with Gasteiger partial charge >= 0.3 is 0 Å². The molecule has 0 bridgehead atoms. The Morgan fingerprint density at radius 1 is 1.32 bits per heavy atom. The standard InChI is InChI=1S/C14H25N3O2/c1-3-12(18-4-2)13-16-14(19-17-13)10-8-6-5-7-9-11(10)15/h10-12H,3-9,15H2,1-2H3. The zero-order valence-electron chi connectivity index (χ0n) is 12.0. The molecule has 0 amide bonds. The summed E-state index contributed by atoms with van der Waals surface area (Å²) in [5.74, 6) is 1.57. The quantitative estimate of drug-likeness (QED) is 0.830. The molecule has 1 aliphatic carbocycles. The molecule has 1 fully saturated rings. The molecule has 1 heterocycles. The smallest absolute Gasteiger partial charge is 0.231 e. The molecule has 0 spiro atoms. The summed E-state index contributed by atoms with van der Waals surface area (Å²) in [5.41, 5.74) is 6.23. The van der Waals surface area contributed by atoms with E-state index < -0.39 is 0 Å². The van der Waals surface area contributed by atoms with Crippen molar-refractivity contribution in [2.75, 3.05) is 6.61 Å². The molecule has 108 valence electrons. The Kier molecular flexibility index (Phi) is 5.34. The van der Waals surface area contributed by atoms with Gasteiger partial charge in [-0.1, -0.05) is 31.3 Å². The third-order valence-corrected chi connectivity index (χ3v) is 3.87. The van der Waals surface area contributed by atoms with Crippen LogP contribution in [-0.2, 0) is 4.74 Å². The van der Waals surface area contributed by atoms with Crippen LogP contribution in [0.3, 0.4) is 0 Å². The fourth-order valence-corrected chi connectivity index (χ4v) is 2.75. The minimum atomic E-state index is -0.0653. The van der Waals surface area contributed by atoms with Gasteiger partial charge in [-0.15, -0.1) is 0 Å². The number of aromatic nitrogens is 2. The first-order valence-corrected chi connectivity index (χ1v) is 7.46. The average molecular weight is 267 g/mol. The molecular weight excluding hydrogens is 242 g/mol. The van der Waals surface area contributed by atoms with Gasteiger partial charge in [0, 0.05) is 12.6 Å². The van der Waals surface area contributed by atoms with Crippen LogP contribution in [-0.4, -0.2) is 22.8 Å². The summed E-state index contributed by atoms with van der Waals surface area (Å²) in [6, 6.07) is 0.142. The summed E-state index contributed by atoms with van der Waals surface area (Å²) < 4.78 is 11.1. The lowest BCUT2D eigenvalue weighted by Crippen LogP contribution is -2.27. The van der Waals surface area contributed by atoms with Gasteiger partial charge in [0.25, 0.3) is 0 Å². The summed E-state index contributed by atoms with van der Waals surface area (Å²) in [7, 11) is 0. The highest BCUT2D eigenvalue weighted by atomic mass is 16.5. The van der Waals surface area contributed by atoms with Gasteiger partial charge < -0.3 is 15.0 Å². The molecule has 0 aliphatic heterocycles. The SMILES string of the molecule is CCOC(CC)c1noc(C2CCCCCC2N)n1. The van der Waals surface area contributed by atoms with Crippen LogP contribution < -0.4 is 5.73 Å². The van der Waals surface area contributed by atoms with Crippen molar-refractivity contribution in [3.05, 3.63) is 11.7 Å². The number of nitrogens with zero attached hydrogens (tertiary/aromatic N) is 2. The minimum Gasteiger partial charge on any atom is -0.370 e. The number of ether oxygens (including phenoxy) is 1. The fraction of sp³-hybridized carbons (Fsp3) is 0.857. The molecule has 5 nitrogen and oxygen atoms in total. The summed E-state index contributed by atoms with van der Waals surface area (Å²) in [6.45, 7) is 4.70.